The molecular formula is C24H24N4O. The van der Waals surface area contributed by atoms with Crippen molar-refractivity contribution in [2.24, 2.45) is 0 Å². The highest BCUT2D eigenvalue weighted by atomic mass is 16.5. The minimum absolute atomic E-state index is 0.770. The van der Waals surface area contributed by atoms with E-state index in [2.05, 4.69) is 76.4 Å². The molecule has 0 bridgehead atoms. The Kier molecular flexibility index (Phi) is 4.74. The van der Waals surface area contributed by atoms with Gasteiger partial charge in [-0.15, -0.1) is 0 Å². The molecule has 0 aliphatic carbocycles. The van der Waals surface area contributed by atoms with Gasteiger partial charge in [0.2, 0.25) is 0 Å². The first-order valence-corrected chi connectivity index (χ1v) is 10.2. The summed E-state index contributed by atoms with van der Waals surface area (Å²) >= 11 is 0. The van der Waals surface area contributed by atoms with Gasteiger partial charge >= 0.3 is 0 Å². The molecule has 5 nitrogen and oxygen atoms in total. The molecule has 146 valence electrons. The lowest BCUT2D eigenvalue weighted by Crippen LogP contribution is -2.36. The number of rotatable bonds is 4. The van der Waals surface area contributed by atoms with Crippen LogP contribution in [0.5, 0.6) is 0 Å². The number of morpholine rings is 1. The molecule has 2 aromatic heterocycles. The van der Waals surface area contributed by atoms with Crippen LogP contribution in [-0.2, 0) is 11.2 Å². The average Bonchev–Trinajstić information content (AvgIpc) is 3.23. The zero-order chi connectivity index (χ0) is 19.6. The van der Waals surface area contributed by atoms with Crippen molar-refractivity contribution in [3.8, 4) is 22.5 Å². The van der Waals surface area contributed by atoms with E-state index in [-0.39, 0.29) is 0 Å². The van der Waals surface area contributed by atoms with Gasteiger partial charge in [0.05, 0.1) is 24.2 Å². The molecule has 1 aliphatic rings. The lowest BCUT2D eigenvalue weighted by molar-refractivity contribution is 0.122. The Morgan fingerprint density at radius 2 is 1.69 bits per heavy atom. The maximum absolute atomic E-state index is 5.42. The van der Waals surface area contributed by atoms with Gasteiger partial charge in [-0.2, -0.15) is 0 Å². The molecule has 0 atom stereocenters. The van der Waals surface area contributed by atoms with Gasteiger partial charge in [-0.25, -0.2) is 9.97 Å². The highest BCUT2D eigenvalue weighted by molar-refractivity contribution is 5.80. The standard InChI is InChI=1S/C24H24N4O/c1-2-17-3-9-21-22(15-17)27-24(26-21)19-6-4-18(5-7-19)20-8-10-23(25-16-20)28-11-13-29-14-12-28/h3-10,15-16H,2,11-14H2,1H3,(H,26,27). The smallest absolute Gasteiger partial charge is 0.138 e. The molecule has 0 spiro atoms. The van der Waals surface area contributed by atoms with Gasteiger partial charge in [-0.1, -0.05) is 37.3 Å². The fraction of sp³-hybridized carbons (Fsp3) is 0.250. The van der Waals surface area contributed by atoms with E-state index in [1.54, 1.807) is 0 Å². The first-order valence-electron chi connectivity index (χ1n) is 10.2. The largest absolute Gasteiger partial charge is 0.378 e. The van der Waals surface area contributed by atoms with Crippen LogP contribution in [0, 0.1) is 0 Å². The van der Waals surface area contributed by atoms with Gasteiger partial charge in [-0.3, -0.25) is 0 Å². The van der Waals surface area contributed by atoms with Crippen molar-refractivity contribution >= 4 is 16.9 Å². The Balaban J connectivity index is 1.37. The van der Waals surface area contributed by atoms with Crippen molar-refractivity contribution < 1.29 is 4.74 Å². The van der Waals surface area contributed by atoms with E-state index in [1.165, 1.54) is 5.56 Å². The van der Waals surface area contributed by atoms with E-state index < -0.39 is 0 Å². The van der Waals surface area contributed by atoms with Crippen LogP contribution < -0.4 is 4.90 Å². The molecule has 2 aromatic carbocycles. The Labute approximate surface area is 170 Å². The van der Waals surface area contributed by atoms with Crippen molar-refractivity contribution in [1.29, 1.82) is 0 Å². The van der Waals surface area contributed by atoms with Crippen LogP contribution in [0.2, 0.25) is 0 Å². The van der Waals surface area contributed by atoms with Crippen LogP contribution in [0.3, 0.4) is 0 Å². The first kappa shape index (κ1) is 17.9. The lowest BCUT2D eigenvalue weighted by Gasteiger charge is -2.27. The van der Waals surface area contributed by atoms with Crippen molar-refractivity contribution in [2.75, 3.05) is 31.2 Å². The highest BCUT2D eigenvalue weighted by Crippen LogP contribution is 2.26. The third-order valence-electron chi connectivity index (χ3n) is 5.53. The second kappa shape index (κ2) is 7.68. The molecule has 1 fully saturated rings. The number of nitrogens with one attached hydrogen (secondary N) is 1. The second-order valence-corrected chi connectivity index (χ2v) is 7.37. The molecule has 1 aliphatic heterocycles. The Morgan fingerprint density at radius 1 is 0.931 bits per heavy atom. The van der Waals surface area contributed by atoms with Crippen LogP contribution in [0.4, 0.5) is 5.82 Å². The van der Waals surface area contributed by atoms with Gasteiger partial charge in [0.15, 0.2) is 0 Å². The molecular weight excluding hydrogens is 360 g/mol. The van der Waals surface area contributed by atoms with Gasteiger partial charge in [-0.05, 0) is 41.8 Å². The van der Waals surface area contributed by atoms with Crippen molar-refractivity contribution in [3.63, 3.8) is 0 Å². The van der Waals surface area contributed by atoms with Crippen molar-refractivity contribution in [2.45, 2.75) is 13.3 Å². The number of imidazole rings is 1. The molecule has 5 rings (SSSR count). The van der Waals surface area contributed by atoms with Crippen LogP contribution in [0.1, 0.15) is 12.5 Å². The predicted octanol–water partition coefficient (Wildman–Crippen LogP) is 4.69. The molecule has 5 heteroatoms. The third-order valence-corrected chi connectivity index (χ3v) is 5.53. The van der Waals surface area contributed by atoms with E-state index in [0.717, 1.165) is 72.1 Å². The Hall–Kier alpha value is -3.18. The van der Waals surface area contributed by atoms with Crippen LogP contribution >= 0.6 is 0 Å². The van der Waals surface area contributed by atoms with Crippen molar-refractivity contribution in [3.05, 3.63) is 66.4 Å². The number of hydrogen-bond donors (Lipinski definition) is 1. The van der Waals surface area contributed by atoms with Crippen LogP contribution in [0.15, 0.2) is 60.8 Å². The number of H-pyrrole nitrogens is 1. The number of hydrogen-bond acceptors (Lipinski definition) is 4. The third kappa shape index (κ3) is 3.61. The molecule has 1 N–H and O–H groups in total. The molecule has 1 saturated heterocycles. The summed E-state index contributed by atoms with van der Waals surface area (Å²) in [6.07, 6.45) is 2.98. The zero-order valence-electron chi connectivity index (χ0n) is 16.6. The number of fused-ring (bicyclic) bond motifs is 1. The number of nitrogens with zero attached hydrogens (tertiary/aromatic N) is 3. The number of anilines is 1. The molecule has 29 heavy (non-hydrogen) atoms. The SMILES string of the molecule is CCc1ccc2nc(-c3ccc(-c4ccc(N5CCOCC5)nc4)cc3)[nH]c2c1. The number of aromatic amines is 1. The fourth-order valence-electron chi connectivity index (χ4n) is 3.77. The molecule has 0 radical (unpaired) electrons. The molecule has 0 unspecified atom stereocenters. The van der Waals surface area contributed by atoms with Crippen LogP contribution in [-0.4, -0.2) is 41.3 Å². The van der Waals surface area contributed by atoms with Gasteiger partial charge in [0, 0.05) is 30.4 Å². The minimum Gasteiger partial charge on any atom is -0.378 e. The average molecular weight is 384 g/mol. The van der Waals surface area contributed by atoms with Gasteiger partial charge < -0.3 is 14.6 Å². The summed E-state index contributed by atoms with van der Waals surface area (Å²) in [5, 5.41) is 0. The second-order valence-electron chi connectivity index (χ2n) is 7.37. The van der Waals surface area contributed by atoms with E-state index in [9.17, 15) is 0 Å². The highest BCUT2D eigenvalue weighted by Gasteiger charge is 2.12. The normalized spacial score (nSPS) is 14.4. The summed E-state index contributed by atoms with van der Waals surface area (Å²) in [4.78, 5) is 15.1. The maximum atomic E-state index is 5.42. The number of pyridine rings is 1. The summed E-state index contributed by atoms with van der Waals surface area (Å²) in [5.74, 6) is 1.92. The number of aryl methyl sites for hydroxylation is 1. The monoisotopic (exact) mass is 384 g/mol. The number of ether oxygens (including phenoxy) is 1. The van der Waals surface area contributed by atoms with E-state index in [0.29, 0.717) is 0 Å². The predicted molar refractivity (Wildman–Crippen MR) is 117 cm³/mol. The lowest BCUT2D eigenvalue weighted by atomic mass is 10.1. The summed E-state index contributed by atoms with van der Waals surface area (Å²) in [6, 6.07) is 19.1. The quantitative estimate of drug-likeness (QED) is 0.555. The minimum atomic E-state index is 0.770. The topological polar surface area (TPSA) is 54.0 Å². The van der Waals surface area contributed by atoms with E-state index in [1.807, 2.05) is 6.20 Å². The van der Waals surface area contributed by atoms with E-state index >= 15 is 0 Å². The zero-order valence-corrected chi connectivity index (χ0v) is 16.6. The summed E-state index contributed by atoms with van der Waals surface area (Å²) < 4.78 is 5.42. The number of benzene rings is 2. The Morgan fingerprint density at radius 3 is 2.41 bits per heavy atom. The van der Waals surface area contributed by atoms with Crippen molar-refractivity contribution in [1.82, 2.24) is 15.0 Å². The molecule has 0 saturated carbocycles. The maximum Gasteiger partial charge on any atom is 0.138 e. The van der Waals surface area contributed by atoms with Crippen LogP contribution in [0.25, 0.3) is 33.5 Å². The number of aromatic nitrogens is 3. The molecule has 4 aromatic rings. The summed E-state index contributed by atoms with van der Waals surface area (Å²) in [7, 11) is 0. The van der Waals surface area contributed by atoms with Gasteiger partial charge in [0.25, 0.3) is 0 Å². The van der Waals surface area contributed by atoms with E-state index in [4.69, 9.17) is 9.72 Å². The van der Waals surface area contributed by atoms with Gasteiger partial charge in [0.1, 0.15) is 11.6 Å². The summed E-state index contributed by atoms with van der Waals surface area (Å²) in [6.45, 7) is 5.51. The first-order chi connectivity index (χ1) is 14.3. The summed E-state index contributed by atoms with van der Waals surface area (Å²) in [5.41, 5.74) is 6.76. The Bertz CT molecular complexity index is 1110. The fourth-order valence-corrected chi connectivity index (χ4v) is 3.77. The molecule has 0 amide bonds. The molecule has 3 heterocycles.